The highest BCUT2D eigenvalue weighted by atomic mass is 35.6. The van der Waals surface area contributed by atoms with Gasteiger partial charge >= 0.3 is 15.6 Å². The molecule has 0 bridgehead atoms. The van der Waals surface area contributed by atoms with E-state index in [4.69, 9.17) is 58.2 Å². The zero-order valence-corrected chi connectivity index (χ0v) is 20.8. The molecule has 178 valence electrons. The van der Waals surface area contributed by atoms with Crippen LogP contribution in [0.1, 0.15) is 0 Å². The molecule has 0 atom stereocenters. The van der Waals surface area contributed by atoms with Gasteiger partial charge in [-0.05, 0) is 36.4 Å². The van der Waals surface area contributed by atoms with E-state index in [2.05, 4.69) is 4.52 Å². The molecule has 0 radical (unpaired) electrons. The topological polar surface area (TPSA) is 112 Å². The Labute approximate surface area is 205 Å². The third kappa shape index (κ3) is 12.3. The Hall–Kier alpha value is -1.73. The fraction of sp³-hybridized carbons (Fsp3) is 0.100. The summed E-state index contributed by atoms with van der Waals surface area (Å²) in [5.41, 5.74) is 0. The van der Waals surface area contributed by atoms with Gasteiger partial charge < -0.3 is 23.4 Å². The summed E-state index contributed by atoms with van der Waals surface area (Å²) in [7, 11) is -8.40. The van der Waals surface area contributed by atoms with Crippen LogP contribution in [0.15, 0.2) is 91.0 Å². The first kappa shape index (κ1) is 27.5. The molecule has 0 amide bonds. The normalized spacial score (nSPS) is 11.7. The zero-order chi connectivity index (χ0) is 24.4. The van der Waals surface area contributed by atoms with E-state index in [1.54, 1.807) is 72.8 Å². The number of phosphoric ester groups is 2. The van der Waals surface area contributed by atoms with Gasteiger partial charge in [-0.25, -0.2) is 4.57 Å². The molecule has 0 aliphatic carbocycles. The van der Waals surface area contributed by atoms with Gasteiger partial charge in [0.15, 0.2) is 0 Å². The average Bonchev–Trinajstić information content (AvgIpc) is 2.74. The van der Waals surface area contributed by atoms with Crippen molar-refractivity contribution in [1.82, 2.24) is 0 Å². The lowest BCUT2D eigenvalue weighted by Crippen LogP contribution is -2.11. The number of alkyl halides is 3. The molecule has 0 saturated carbocycles. The molecule has 0 unspecified atom stereocenters. The summed E-state index contributed by atoms with van der Waals surface area (Å²) in [6.45, 7) is -0.637. The van der Waals surface area contributed by atoms with E-state index >= 15 is 0 Å². The van der Waals surface area contributed by atoms with E-state index in [1.807, 2.05) is 18.2 Å². The maximum Gasteiger partial charge on any atom is 0.647 e. The lowest BCUT2D eigenvalue weighted by atomic mass is 10.3. The first-order valence-corrected chi connectivity index (χ1v) is 13.2. The van der Waals surface area contributed by atoms with Crippen LogP contribution < -0.4 is 13.6 Å². The molecule has 33 heavy (non-hydrogen) atoms. The molecule has 13 heteroatoms. The van der Waals surface area contributed by atoms with Gasteiger partial charge in [0.2, 0.25) is 3.79 Å². The number of benzene rings is 3. The van der Waals surface area contributed by atoms with E-state index in [9.17, 15) is 9.13 Å². The maximum absolute atomic E-state index is 13.1. The van der Waals surface area contributed by atoms with Crippen LogP contribution in [0.4, 0.5) is 0 Å². The molecule has 8 nitrogen and oxygen atoms in total. The lowest BCUT2D eigenvalue weighted by Gasteiger charge is -2.19. The van der Waals surface area contributed by atoms with Gasteiger partial charge in [-0.1, -0.05) is 89.4 Å². The molecule has 0 aliphatic rings. The van der Waals surface area contributed by atoms with Crippen LogP contribution in [-0.2, 0) is 13.7 Å². The molecule has 3 rings (SSSR count). The summed E-state index contributed by atoms with van der Waals surface area (Å²) in [6.07, 6.45) is 0. The second kappa shape index (κ2) is 12.7. The number of para-hydroxylation sites is 3. The highest BCUT2D eigenvalue weighted by molar-refractivity contribution is 7.49. The van der Waals surface area contributed by atoms with Crippen molar-refractivity contribution in [2.24, 2.45) is 0 Å². The Morgan fingerprint density at radius 1 is 0.636 bits per heavy atom. The van der Waals surface area contributed by atoms with Gasteiger partial charge in [-0.2, -0.15) is 4.57 Å². The predicted octanol–water partition coefficient (Wildman–Crippen LogP) is 6.80. The second-order valence-corrected chi connectivity index (χ2v) is 11.2. The van der Waals surface area contributed by atoms with Crippen molar-refractivity contribution in [2.75, 3.05) is 6.61 Å². The minimum absolute atomic E-state index is 0.405. The van der Waals surface area contributed by atoms with Crippen LogP contribution in [0.5, 0.6) is 17.2 Å². The van der Waals surface area contributed by atoms with E-state index in [1.165, 1.54) is 0 Å². The molecule has 0 fully saturated rings. The first-order valence-electron chi connectivity index (χ1n) is 9.05. The lowest BCUT2D eigenvalue weighted by molar-refractivity contribution is 0.200. The fourth-order valence-corrected chi connectivity index (χ4v) is 4.05. The van der Waals surface area contributed by atoms with Gasteiger partial charge in [0.05, 0.1) is 0 Å². The SMILES string of the molecule is O=P(O)(O)OCC(Cl)(Cl)Cl.O=P(Oc1ccccc1)(Oc1ccccc1)Oc1ccccc1. The van der Waals surface area contributed by atoms with Crippen LogP contribution >= 0.6 is 50.4 Å². The van der Waals surface area contributed by atoms with Crippen LogP contribution in [0, 0.1) is 0 Å². The Balaban J connectivity index is 0.000000328. The summed E-state index contributed by atoms with van der Waals surface area (Å²) in [5, 5.41) is 0. The smallest absolute Gasteiger partial charge is 0.386 e. The Bertz CT molecular complexity index is 953. The quantitative estimate of drug-likeness (QED) is 0.231. The highest BCUT2D eigenvalue weighted by Crippen LogP contribution is 2.49. The molecular weight excluding hydrogens is 537 g/mol. The van der Waals surface area contributed by atoms with Crippen LogP contribution in [0.2, 0.25) is 0 Å². The van der Waals surface area contributed by atoms with Gasteiger partial charge in [0, 0.05) is 0 Å². The van der Waals surface area contributed by atoms with Gasteiger partial charge in [-0.15, -0.1) is 0 Å². The minimum atomic E-state index is -4.52. The monoisotopic (exact) mass is 554 g/mol. The minimum Gasteiger partial charge on any atom is -0.386 e. The fourth-order valence-electron chi connectivity index (χ4n) is 2.04. The largest absolute Gasteiger partial charge is 0.647 e. The molecule has 0 spiro atoms. The van der Waals surface area contributed by atoms with Crippen molar-refractivity contribution in [2.45, 2.75) is 3.79 Å². The van der Waals surface area contributed by atoms with E-state index in [0.29, 0.717) is 17.2 Å². The molecule has 3 aromatic carbocycles. The van der Waals surface area contributed by atoms with Crippen molar-refractivity contribution in [3.63, 3.8) is 0 Å². The zero-order valence-electron chi connectivity index (χ0n) is 16.7. The van der Waals surface area contributed by atoms with Crippen LogP contribution in [-0.4, -0.2) is 20.2 Å². The molecule has 2 N–H and O–H groups in total. The molecule has 0 heterocycles. The second-order valence-electron chi connectivity index (χ2n) is 6.04. The third-order valence-electron chi connectivity index (χ3n) is 3.28. The Morgan fingerprint density at radius 3 is 1.15 bits per heavy atom. The van der Waals surface area contributed by atoms with Crippen molar-refractivity contribution in [1.29, 1.82) is 0 Å². The van der Waals surface area contributed by atoms with Crippen molar-refractivity contribution >= 4 is 50.4 Å². The van der Waals surface area contributed by atoms with Crippen LogP contribution in [0.3, 0.4) is 0 Å². The van der Waals surface area contributed by atoms with Crippen molar-refractivity contribution in [3.05, 3.63) is 91.0 Å². The van der Waals surface area contributed by atoms with Crippen molar-refractivity contribution < 1.29 is 37.0 Å². The van der Waals surface area contributed by atoms with E-state index in [0.717, 1.165) is 0 Å². The summed E-state index contributed by atoms with van der Waals surface area (Å²) < 4.78 is 41.7. The van der Waals surface area contributed by atoms with E-state index in [-0.39, 0.29) is 0 Å². The molecule has 0 aliphatic heterocycles. The molecular formula is C20H19Cl3O8P2. The number of rotatable bonds is 8. The number of hydrogen-bond donors (Lipinski definition) is 2. The standard InChI is InChI=1S/C18H15O4P.C2H4Cl3O4P/c19-23(20-16-10-4-1-5-11-16,21-17-12-6-2-7-13-17)22-18-14-8-3-9-15-18;3-2(4,5)1-9-10(6,7)8/h1-15H;1H2,(H2,6,7,8). The number of phosphoric acid groups is 2. The van der Waals surface area contributed by atoms with E-state index < -0.39 is 26.0 Å². The van der Waals surface area contributed by atoms with Gasteiger partial charge in [0.25, 0.3) is 0 Å². The molecule has 0 aromatic heterocycles. The van der Waals surface area contributed by atoms with Crippen molar-refractivity contribution in [3.8, 4) is 17.2 Å². The Morgan fingerprint density at radius 2 is 0.939 bits per heavy atom. The summed E-state index contributed by atoms with van der Waals surface area (Å²) in [5.74, 6) is 1.22. The van der Waals surface area contributed by atoms with Gasteiger partial charge in [0.1, 0.15) is 23.9 Å². The average molecular weight is 556 g/mol. The highest BCUT2D eigenvalue weighted by Gasteiger charge is 2.33. The third-order valence-corrected chi connectivity index (χ3v) is 5.37. The number of halogens is 3. The molecule has 3 aromatic rings. The summed E-state index contributed by atoms with van der Waals surface area (Å²) >= 11 is 15.3. The predicted molar refractivity (Wildman–Crippen MR) is 127 cm³/mol. The summed E-state index contributed by atoms with van der Waals surface area (Å²) in [4.78, 5) is 16.2. The maximum atomic E-state index is 13.1. The summed E-state index contributed by atoms with van der Waals surface area (Å²) in [6, 6.07) is 26.4. The number of hydrogen-bond acceptors (Lipinski definition) is 6. The molecule has 0 saturated heterocycles. The Kier molecular flexibility index (Phi) is 10.6. The van der Waals surface area contributed by atoms with Gasteiger partial charge in [-0.3, -0.25) is 4.52 Å². The van der Waals surface area contributed by atoms with Crippen LogP contribution in [0.25, 0.3) is 0 Å². The first-order chi connectivity index (χ1) is 15.4.